The fourth-order valence-electron chi connectivity index (χ4n) is 10.2. The summed E-state index contributed by atoms with van der Waals surface area (Å²) >= 11 is 0. The Kier molecular flexibility index (Phi) is 19.8. The van der Waals surface area contributed by atoms with Crippen LogP contribution in [0.4, 0.5) is 27.6 Å². The summed E-state index contributed by atoms with van der Waals surface area (Å²) in [7, 11) is -4.65. The summed E-state index contributed by atoms with van der Waals surface area (Å²) in [5.74, 6) is -3.47. The molecule has 0 N–H and O–H groups in total. The lowest BCUT2D eigenvalue weighted by atomic mass is 9.99. The van der Waals surface area contributed by atoms with Crippen molar-refractivity contribution in [3.63, 3.8) is 0 Å². The number of anilines is 1. The van der Waals surface area contributed by atoms with Crippen molar-refractivity contribution >= 4 is 26.4 Å². The molecule has 3 aliphatic heterocycles. The highest BCUT2D eigenvalue weighted by atomic mass is 32.2. The lowest BCUT2D eigenvalue weighted by molar-refractivity contribution is -0.274. The first kappa shape index (κ1) is 51.1. The van der Waals surface area contributed by atoms with Crippen LogP contribution in [0.25, 0.3) is 10.9 Å². The van der Waals surface area contributed by atoms with Gasteiger partial charge in [0.15, 0.2) is 17.4 Å². The van der Waals surface area contributed by atoms with Crippen molar-refractivity contribution < 1.29 is 39.8 Å². The molecule has 1 aromatic heterocycles. The number of sulfone groups is 1. The first-order valence-electron chi connectivity index (χ1n) is 24.9. The van der Waals surface area contributed by atoms with Gasteiger partial charge >= 0.3 is 6.36 Å². The largest absolute Gasteiger partial charge is 0.573 e. The van der Waals surface area contributed by atoms with E-state index in [1.807, 2.05) is 4.90 Å². The molecule has 0 atom stereocenters. The third kappa shape index (κ3) is 14.9. The van der Waals surface area contributed by atoms with Crippen LogP contribution in [0.15, 0.2) is 46.3 Å². The standard InChI is InChI=1S/C50H74F5N5O4S/c1-3-5-6-7-8-9-10-11-12-13-14-15-16-17-18-19-34-63-49-44(51)36-42(37-45(49)52)65(61,62)47-38-56-46-21-20-41(64-50(53,54)55)35-43(46)48(47)60-28-24-40(25-29-60)59-32-30-58(31-33-59)39-22-26-57(4-2)27-23-39/h20-21,35-40H,3-19,22-34H2,1-2H3. The minimum absolute atomic E-state index is 0.0868. The first-order valence-corrected chi connectivity index (χ1v) is 26.4. The van der Waals surface area contributed by atoms with Crippen molar-refractivity contribution in [2.24, 2.45) is 0 Å². The number of rotatable bonds is 25. The van der Waals surface area contributed by atoms with Gasteiger partial charge in [-0.2, -0.15) is 0 Å². The van der Waals surface area contributed by atoms with Gasteiger partial charge in [0.05, 0.1) is 22.7 Å². The van der Waals surface area contributed by atoms with Crippen LogP contribution in [0.3, 0.4) is 0 Å². The molecule has 3 aromatic rings. The summed E-state index contributed by atoms with van der Waals surface area (Å²) < 4.78 is 110. The molecular formula is C50H74F5N5O4S. The molecule has 0 radical (unpaired) electrons. The molecule has 0 bridgehead atoms. The van der Waals surface area contributed by atoms with Crippen molar-refractivity contribution in [3.8, 4) is 11.5 Å². The summed E-state index contributed by atoms with van der Waals surface area (Å²) in [5, 5.41) is 0.133. The zero-order valence-electron chi connectivity index (χ0n) is 39.0. The quantitative estimate of drug-likeness (QED) is 0.0610. The van der Waals surface area contributed by atoms with Crippen LogP contribution >= 0.6 is 0 Å². The van der Waals surface area contributed by atoms with Gasteiger partial charge in [0.25, 0.3) is 0 Å². The van der Waals surface area contributed by atoms with Gasteiger partial charge < -0.3 is 19.3 Å². The van der Waals surface area contributed by atoms with Gasteiger partial charge in [0.2, 0.25) is 9.84 Å². The predicted molar refractivity (Wildman–Crippen MR) is 249 cm³/mol. The monoisotopic (exact) mass is 936 g/mol. The van der Waals surface area contributed by atoms with Crippen LogP contribution in [0, 0.1) is 11.6 Å². The molecule has 0 amide bonds. The number of unbranched alkanes of at least 4 members (excludes halogenated alkanes) is 15. The third-order valence-corrected chi connectivity index (χ3v) is 15.7. The van der Waals surface area contributed by atoms with Crippen molar-refractivity contribution in [1.29, 1.82) is 0 Å². The number of piperidine rings is 2. The number of alkyl halides is 3. The van der Waals surface area contributed by atoms with Crippen molar-refractivity contribution in [3.05, 3.63) is 48.2 Å². The van der Waals surface area contributed by atoms with Crippen LogP contribution in [0.5, 0.6) is 11.5 Å². The number of halogens is 5. The van der Waals surface area contributed by atoms with E-state index in [9.17, 15) is 21.6 Å². The Morgan fingerprint density at radius 3 is 1.65 bits per heavy atom. The van der Waals surface area contributed by atoms with Gasteiger partial charge in [-0.3, -0.25) is 14.8 Å². The van der Waals surface area contributed by atoms with E-state index in [0.29, 0.717) is 38.4 Å². The molecule has 0 spiro atoms. The number of piperazine rings is 1. The number of fused-ring (bicyclic) bond motifs is 1. The van der Waals surface area contributed by atoms with E-state index in [2.05, 4.69) is 38.3 Å². The molecule has 3 saturated heterocycles. The van der Waals surface area contributed by atoms with Crippen LogP contribution in [0.1, 0.15) is 142 Å². The number of nitrogens with zero attached hydrogens (tertiary/aromatic N) is 5. The molecule has 3 aliphatic rings. The van der Waals surface area contributed by atoms with Crippen LogP contribution < -0.4 is 14.4 Å². The van der Waals surface area contributed by atoms with Gasteiger partial charge in [0.1, 0.15) is 10.6 Å². The fraction of sp³-hybridized carbons (Fsp3) is 0.700. The molecule has 0 aliphatic carbocycles. The van der Waals surface area contributed by atoms with Crippen LogP contribution in [-0.4, -0.2) is 112 Å². The zero-order chi connectivity index (χ0) is 46.2. The highest BCUT2D eigenvalue weighted by Gasteiger charge is 2.36. The van der Waals surface area contributed by atoms with Crippen molar-refractivity contribution in [2.45, 2.75) is 171 Å². The van der Waals surface area contributed by atoms with E-state index < -0.39 is 44.2 Å². The number of hydrogen-bond donors (Lipinski definition) is 0. The van der Waals surface area contributed by atoms with Gasteiger partial charge in [0, 0.05) is 62.9 Å². The van der Waals surface area contributed by atoms with Gasteiger partial charge in [-0.1, -0.05) is 110 Å². The topological polar surface area (TPSA) is 78.4 Å². The average Bonchev–Trinajstić information content (AvgIpc) is 3.30. The van der Waals surface area contributed by atoms with Crippen LogP contribution in [-0.2, 0) is 9.84 Å². The second-order valence-electron chi connectivity index (χ2n) is 18.5. The molecule has 9 nitrogen and oxygen atoms in total. The Hall–Kier alpha value is -3.27. The molecule has 65 heavy (non-hydrogen) atoms. The van der Waals surface area contributed by atoms with Gasteiger partial charge in [-0.25, -0.2) is 17.2 Å². The number of ether oxygens (including phenoxy) is 2. The number of hydrogen-bond acceptors (Lipinski definition) is 9. The van der Waals surface area contributed by atoms with Gasteiger partial charge in [-0.15, -0.1) is 13.2 Å². The van der Waals surface area contributed by atoms with E-state index >= 15 is 8.78 Å². The second-order valence-corrected chi connectivity index (χ2v) is 20.4. The van der Waals surface area contributed by atoms with Gasteiger partial charge in [-0.05, 0) is 82.1 Å². The normalized spacial score (nSPS) is 17.9. The van der Waals surface area contributed by atoms with E-state index in [1.165, 1.54) is 96.0 Å². The number of pyridine rings is 1. The lowest BCUT2D eigenvalue weighted by Gasteiger charge is -2.46. The Labute approximate surface area is 385 Å². The molecule has 15 heteroatoms. The lowest BCUT2D eigenvalue weighted by Crippen LogP contribution is -2.56. The van der Waals surface area contributed by atoms with Crippen molar-refractivity contribution in [1.82, 2.24) is 19.7 Å². The molecular weight excluding hydrogens is 862 g/mol. The predicted octanol–water partition coefficient (Wildman–Crippen LogP) is 12.0. The molecule has 364 valence electrons. The summed E-state index contributed by atoms with van der Waals surface area (Å²) in [6.07, 6.45) is 19.1. The zero-order valence-corrected chi connectivity index (χ0v) is 39.8. The molecule has 0 unspecified atom stereocenters. The fourth-order valence-corrected chi connectivity index (χ4v) is 11.6. The maximum Gasteiger partial charge on any atom is 0.573 e. The Balaban J connectivity index is 1.05. The van der Waals surface area contributed by atoms with E-state index in [0.717, 1.165) is 95.5 Å². The third-order valence-electron chi connectivity index (χ3n) is 14.0. The molecule has 3 fully saturated rings. The van der Waals surface area contributed by atoms with E-state index in [4.69, 9.17) is 4.74 Å². The Bertz CT molecular complexity index is 1990. The minimum Gasteiger partial charge on any atom is -0.488 e. The Morgan fingerprint density at radius 1 is 0.662 bits per heavy atom. The minimum atomic E-state index is -4.98. The molecule has 4 heterocycles. The van der Waals surface area contributed by atoms with E-state index in [1.54, 1.807) is 0 Å². The SMILES string of the molecule is CCCCCCCCCCCCCCCCCCOc1c(F)cc(S(=O)(=O)c2cnc3ccc(OC(F)(F)F)cc3c2N2CCC(N3CCN(C4CCN(CC)CC4)CC3)CC2)cc1F. The maximum absolute atomic E-state index is 15.6. The number of aromatic nitrogens is 1. The summed E-state index contributed by atoms with van der Waals surface area (Å²) in [6, 6.07) is 5.96. The van der Waals surface area contributed by atoms with Crippen molar-refractivity contribution in [2.75, 3.05) is 70.4 Å². The summed E-state index contributed by atoms with van der Waals surface area (Å²) in [5.41, 5.74) is 0.389. The highest BCUT2D eigenvalue weighted by molar-refractivity contribution is 7.91. The maximum atomic E-state index is 15.6. The Morgan fingerprint density at radius 2 is 1.15 bits per heavy atom. The summed E-state index contributed by atoms with van der Waals surface area (Å²) in [4.78, 5) is 12.8. The highest BCUT2D eigenvalue weighted by Crippen LogP contribution is 2.41. The summed E-state index contributed by atoms with van der Waals surface area (Å²) in [6.45, 7) is 12.6. The molecule has 0 saturated carbocycles. The smallest absolute Gasteiger partial charge is 0.488 e. The second kappa shape index (κ2) is 25.2. The number of likely N-dealkylation sites (tertiary alicyclic amines) is 1. The molecule has 6 rings (SSSR count). The first-order chi connectivity index (χ1) is 31.4. The number of benzene rings is 2. The van der Waals surface area contributed by atoms with E-state index in [-0.39, 0.29) is 34.1 Å². The molecule has 2 aromatic carbocycles. The average molecular weight is 936 g/mol. The van der Waals surface area contributed by atoms with Crippen LogP contribution in [0.2, 0.25) is 0 Å².